The number of hydrogen-bond donors (Lipinski definition) is 1. The van der Waals surface area contributed by atoms with E-state index in [1.807, 2.05) is 0 Å². The second-order valence-corrected chi connectivity index (χ2v) is 7.19. The zero-order chi connectivity index (χ0) is 16.8. The zero-order valence-electron chi connectivity index (χ0n) is 14.4. The smallest absolute Gasteiger partial charge is 0.325 e. The van der Waals surface area contributed by atoms with Crippen LogP contribution in [0.4, 0.5) is 4.79 Å². The van der Waals surface area contributed by atoms with E-state index in [1.165, 1.54) is 30.6 Å². The molecule has 0 aromatic rings. The molecule has 2 aliphatic rings. The number of carbonyl (C=O) groups is 2. The van der Waals surface area contributed by atoms with Gasteiger partial charge in [-0.05, 0) is 12.8 Å². The van der Waals surface area contributed by atoms with E-state index >= 15 is 0 Å². The molecular weight excluding hydrogens is 312 g/mol. The molecule has 0 aromatic carbocycles. The van der Waals surface area contributed by atoms with E-state index in [4.69, 9.17) is 0 Å². The largest absolute Gasteiger partial charge is 0.336 e. The van der Waals surface area contributed by atoms with Crippen LogP contribution in [0.3, 0.4) is 0 Å². The number of rotatable bonds is 8. The summed E-state index contributed by atoms with van der Waals surface area (Å²) in [4.78, 5) is 32.4. The van der Waals surface area contributed by atoms with E-state index in [0.717, 1.165) is 30.3 Å². The molecule has 2 heterocycles. The number of aliphatic imine (C=N–C) groups is 1. The average molecular weight is 340 g/mol. The summed E-state index contributed by atoms with van der Waals surface area (Å²) in [7, 11) is 1.70. The molecule has 0 spiro atoms. The number of nitrogens with zero attached hydrogens (tertiary/aromatic N) is 3. The minimum Gasteiger partial charge on any atom is -0.336 e. The number of fused-ring (bicyclic) bond motifs is 1. The molecule has 1 saturated heterocycles. The van der Waals surface area contributed by atoms with Crippen molar-refractivity contribution in [2.24, 2.45) is 4.99 Å². The van der Waals surface area contributed by atoms with Gasteiger partial charge < -0.3 is 9.80 Å². The van der Waals surface area contributed by atoms with Crippen LogP contribution in [0.25, 0.3) is 0 Å². The van der Waals surface area contributed by atoms with E-state index in [-0.39, 0.29) is 24.1 Å². The zero-order valence-corrected chi connectivity index (χ0v) is 15.2. The van der Waals surface area contributed by atoms with Crippen LogP contribution in [0.5, 0.6) is 0 Å². The fraction of sp³-hybridized carbons (Fsp3) is 0.812. The van der Waals surface area contributed by atoms with Gasteiger partial charge in [-0.1, -0.05) is 51.3 Å². The van der Waals surface area contributed by atoms with E-state index in [0.29, 0.717) is 0 Å². The average Bonchev–Trinajstić information content (AvgIpc) is 2.90. The lowest BCUT2D eigenvalue weighted by molar-refractivity contribution is -0.127. The maximum absolute atomic E-state index is 12.3. The van der Waals surface area contributed by atoms with Gasteiger partial charge in [0.05, 0.1) is 0 Å². The van der Waals surface area contributed by atoms with E-state index in [2.05, 4.69) is 29.1 Å². The fourth-order valence-corrected chi connectivity index (χ4v) is 3.87. The molecule has 1 fully saturated rings. The summed E-state index contributed by atoms with van der Waals surface area (Å²) in [6, 6.07) is -0.729. The minimum absolute atomic E-state index is 0.220. The molecule has 3 amide bonds. The number of unbranched alkanes of at least 4 members (excludes halogenated alkanes) is 4. The normalized spacial score (nSPS) is 23.9. The summed E-state index contributed by atoms with van der Waals surface area (Å²) in [5, 5.41) is 3.35. The number of hydrogen-bond acceptors (Lipinski definition) is 5. The van der Waals surface area contributed by atoms with Crippen molar-refractivity contribution in [1.82, 2.24) is 15.1 Å². The highest BCUT2D eigenvalue weighted by Crippen LogP contribution is 2.29. The summed E-state index contributed by atoms with van der Waals surface area (Å²) < 4.78 is 0. The van der Waals surface area contributed by atoms with Crippen LogP contribution >= 0.6 is 11.8 Å². The van der Waals surface area contributed by atoms with Crippen LogP contribution in [-0.4, -0.2) is 58.5 Å². The molecule has 2 aliphatic heterocycles. The molecule has 7 heteroatoms. The summed E-state index contributed by atoms with van der Waals surface area (Å²) in [5.74, 6) is 0.756. The van der Waals surface area contributed by atoms with Crippen molar-refractivity contribution in [3.05, 3.63) is 0 Å². The van der Waals surface area contributed by atoms with E-state index in [1.54, 1.807) is 18.8 Å². The monoisotopic (exact) mass is 340 g/mol. The van der Waals surface area contributed by atoms with Gasteiger partial charge in [0.15, 0.2) is 17.4 Å². The fourth-order valence-electron chi connectivity index (χ4n) is 2.93. The summed E-state index contributed by atoms with van der Waals surface area (Å²) in [5.41, 5.74) is 0. The maximum atomic E-state index is 12.3. The lowest BCUT2D eigenvalue weighted by Crippen LogP contribution is -2.63. The Labute approximate surface area is 143 Å². The molecule has 1 N–H and O–H groups in total. The Morgan fingerprint density at radius 1 is 1.13 bits per heavy atom. The Balaban J connectivity index is 2.04. The van der Waals surface area contributed by atoms with Crippen molar-refractivity contribution in [2.75, 3.05) is 19.3 Å². The lowest BCUT2D eigenvalue weighted by atomic mass is 10.1. The predicted octanol–water partition coefficient (Wildman–Crippen LogP) is 2.65. The number of nitrogens with one attached hydrogen (secondary N) is 1. The van der Waals surface area contributed by atoms with E-state index in [9.17, 15) is 9.59 Å². The molecule has 2 atom stereocenters. The quantitative estimate of drug-likeness (QED) is 0.690. The van der Waals surface area contributed by atoms with Crippen LogP contribution in [0.2, 0.25) is 0 Å². The number of carbonyl (C=O) groups excluding carboxylic acids is 2. The van der Waals surface area contributed by atoms with Gasteiger partial charge >= 0.3 is 6.03 Å². The Hall–Kier alpha value is -1.24. The second-order valence-electron chi connectivity index (χ2n) is 6.13. The van der Waals surface area contributed by atoms with Crippen molar-refractivity contribution >= 4 is 28.9 Å². The first-order valence-corrected chi connectivity index (χ1v) is 9.63. The van der Waals surface area contributed by atoms with Gasteiger partial charge in [-0.15, -0.1) is 0 Å². The highest BCUT2D eigenvalue weighted by Gasteiger charge is 2.48. The van der Waals surface area contributed by atoms with Gasteiger partial charge in [-0.2, -0.15) is 0 Å². The Bertz CT molecular complexity index is 469. The van der Waals surface area contributed by atoms with Gasteiger partial charge in [-0.3, -0.25) is 10.1 Å². The lowest BCUT2D eigenvalue weighted by Gasteiger charge is -2.36. The Morgan fingerprint density at radius 3 is 2.57 bits per heavy atom. The first kappa shape index (κ1) is 18.1. The van der Waals surface area contributed by atoms with Crippen LogP contribution < -0.4 is 5.32 Å². The second kappa shape index (κ2) is 8.57. The summed E-state index contributed by atoms with van der Waals surface area (Å²) in [6.07, 6.45) is 6.62. The van der Waals surface area contributed by atoms with Crippen LogP contribution in [0, 0.1) is 0 Å². The number of imide groups is 1. The molecule has 0 radical (unpaired) electrons. The van der Waals surface area contributed by atoms with Crippen LogP contribution in [0.15, 0.2) is 4.99 Å². The van der Waals surface area contributed by atoms with Gasteiger partial charge in [0.2, 0.25) is 0 Å². The molecule has 6 nitrogen and oxygen atoms in total. The van der Waals surface area contributed by atoms with Crippen molar-refractivity contribution < 1.29 is 9.59 Å². The van der Waals surface area contributed by atoms with Gasteiger partial charge in [0.25, 0.3) is 5.91 Å². The van der Waals surface area contributed by atoms with Gasteiger partial charge in [0, 0.05) is 19.3 Å². The number of likely N-dealkylation sites (N-methyl/N-ethyl adjacent to an activating group) is 1. The van der Waals surface area contributed by atoms with E-state index < -0.39 is 0 Å². The number of thioether (sulfide) groups is 1. The summed E-state index contributed by atoms with van der Waals surface area (Å²) in [6.45, 7) is 5.17. The molecule has 23 heavy (non-hydrogen) atoms. The minimum atomic E-state index is -0.383. The van der Waals surface area contributed by atoms with Crippen molar-refractivity contribution in [3.63, 3.8) is 0 Å². The third-order valence-corrected chi connectivity index (χ3v) is 5.47. The van der Waals surface area contributed by atoms with Crippen LogP contribution in [-0.2, 0) is 4.79 Å². The van der Waals surface area contributed by atoms with Gasteiger partial charge in [0.1, 0.15) is 0 Å². The molecule has 0 aromatic heterocycles. The SMILES string of the molecule is CCCCCCCN1C(SCCC)=NC2C1C(=O)NC(=O)N2C. The standard InChI is InChI=1S/C16H28N4O2S/c1-4-6-7-8-9-10-20-12-13(17-16(20)23-11-5-2)19(3)15(22)18-14(12)21/h12-13H,4-11H2,1-3H3,(H,18,21,22). The topological polar surface area (TPSA) is 65.0 Å². The highest BCUT2D eigenvalue weighted by molar-refractivity contribution is 8.13. The highest BCUT2D eigenvalue weighted by atomic mass is 32.2. The third-order valence-electron chi connectivity index (χ3n) is 4.26. The van der Waals surface area contributed by atoms with Crippen molar-refractivity contribution in [2.45, 2.75) is 64.6 Å². The van der Waals surface area contributed by atoms with Gasteiger partial charge in [-0.25, -0.2) is 9.79 Å². The maximum Gasteiger partial charge on any atom is 0.325 e. The molecular formula is C16H28N4O2S. The first-order chi connectivity index (χ1) is 11.1. The van der Waals surface area contributed by atoms with Crippen molar-refractivity contribution in [1.29, 1.82) is 0 Å². The first-order valence-electron chi connectivity index (χ1n) is 8.65. The molecule has 0 bridgehead atoms. The molecule has 2 unspecified atom stereocenters. The molecule has 0 saturated carbocycles. The number of amidine groups is 1. The third kappa shape index (κ3) is 4.19. The predicted molar refractivity (Wildman–Crippen MR) is 94.5 cm³/mol. The number of urea groups is 1. The molecule has 2 rings (SSSR count). The number of amides is 3. The Morgan fingerprint density at radius 2 is 1.87 bits per heavy atom. The Kier molecular flexibility index (Phi) is 6.74. The molecule has 130 valence electrons. The van der Waals surface area contributed by atoms with Crippen molar-refractivity contribution in [3.8, 4) is 0 Å². The summed E-state index contributed by atoms with van der Waals surface area (Å²) >= 11 is 1.69. The van der Waals surface area contributed by atoms with Crippen LogP contribution in [0.1, 0.15) is 52.4 Å². The molecule has 0 aliphatic carbocycles.